The molecular formula is C21H32ClN3O2. The number of hydrogen-bond donors (Lipinski definition) is 1. The fraction of sp³-hybridized carbons (Fsp3) is 0.619. The summed E-state index contributed by atoms with van der Waals surface area (Å²) in [6.45, 7) is 6.07. The first kappa shape index (κ1) is 21.7. The zero-order chi connectivity index (χ0) is 18.5. The van der Waals surface area contributed by atoms with Crippen molar-refractivity contribution in [2.24, 2.45) is 11.8 Å². The molecule has 0 spiro atoms. The van der Waals surface area contributed by atoms with Crippen molar-refractivity contribution in [2.45, 2.75) is 32.6 Å². The van der Waals surface area contributed by atoms with Gasteiger partial charge in [-0.3, -0.25) is 9.59 Å². The second-order valence-electron chi connectivity index (χ2n) is 7.78. The number of rotatable bonds is 4. The van der Waals surface area contributed by atoms with E-state index in [9.17, 15) is 9.59 Å². The quantitative estimate of drug-likeness (QED) is 0.855. The van der Waals surface area contributed by atoms with Crippen LogP contribution in [0.3, 0.4) is 0 Å². The van der Waals surface area contributed by atoms with Crippen molar-refractivity contribution in [1.82, 2.24) is 15.1 Å². The summed E-state index contributed by atoms with van der Waals surface area (Å²) in [5, 5.41) is 3.23. The topological polar surface area (TPSA) is 52.7 Å². The molecule has 6 heteroatoms. The third-order valence-electron chi connectivity index (χ3n) is 5.78. The summed E-state index contributed by atoms with van der Waals surface area (Å²) >= 11 is 0. The van der Waals surface area contributed by atoms with Crippen LogP contribution in [0.15, 0.2) is 24.3 Å². The molecule has 2 aliphatic rings. The molecule has 0 aromatic heterocycles. The van der Waals surface area contributed by atoms with Gasteiger partial charge < -0.3 is 15.1 Å². The lowest BCUT2D eigenvalue weighted by atomic mass is 9.92. The van der Waals surface area contributed by atoms with E-state index in [0.29, 0.717) is 12.5 Å². The van der Waals surface area contributed by atoms with Crippen LogP contribution in [0.25, 0.3) is 0 Å². The number of piperidine rings is 2. The zero-order valence-corrected chi connectivity index (χ0v) is 17.3. The molecule has 2 heterocycles. The molecule has 2 saturated heterocycles. The van der Waals surface area contributed by atoms with Crippen LogP contribution >= 0.6 is 12.4 Å². The Balaban J connectivity index is 0.00000261. The minimum atomic E-state index is -0.0426. The van der Waals surface area contributed by atoms with Gasteiger partial charge in [0.05, 0.1) is 5.92 Å². The molecule has 150 valence electrons. The van der Waals surface area contributed by atoms with E-state index in [4.69, 9.17) is 0 Å². The first-order chi connectivity index (χ1) is 12.6. The molecule has 0 radical (unpaired) electrons. The van der Waals surface area contributed by atoms with Gasteiger partial charge >= 0.3 is 0 Å². The predicted molar refractivity (Wildman–Crippen MR) is 110 cm³/mol. The summed E-state index contributed by atoms with van der Waals surface area (Å²) in [6, 6.07) is 7.70. The molecule has 1 aromatic carbocycles. The Morgan fingerprint density at radius 2 is 1.70 bits per heavy atom. The van der Waals surface area contributed by atoms with E-state index >= 15 is 0 Å². The first-order valence-corrected chi connectivity index (χ1v) is 9.88. The second-order valence-corrected chi connectivity index (χ2v) is 7.78. The Bertz CT molecular complexity index is 627. The molecule has 1 unspecified atom stereocenters. The van der Waals surface area contributed by atoms with Gasteiger partial charge in [0, 0.05) is 31.7 Å². The summed E-state index contributed by atoms with van der Waals surface area (Å²) in [5.41, 5.74) is 1.87. The highest BCUT2D eigenvalue weighted by Gasteiger charge is 2.33. The van der Waals surface area contributed by atoms with Crippen molar-refractivity contribution in [1.29, 1.82) is 0 Å². The van der Waals surface area contributed by atoms with Gasteiger partial charge in [0.15, 0.2) is 0 Å². The smallest absolute Gasteiger partial charge is 0.253 e. The van der Waals surface area contributed by atoms with E-state index in [1.54, 1.807) is 0 Å². The number of carbonyl (C=O) groups excluding carboxylic acids is 2. The van der Waals surface area contributed by atoms with E-state index in [1.807, 2.05) is 48.0 Å². The molecule has 27 heavy (non-hydrogen) atoms. The third-order valence-corrected chi connectivity index (χ3v) is 5.78. The standard InChI is InChI=1S/C21H31N3O2.ClH/c1-16-5-7-18(8-6-16)20(25)24-11-3-4-19(15-24)21(26)23-12-9-17(10-13-23)14-22-2;/h5-8,17,19,22H,3-4,9-15H2,1-2H3;1H. The van der Waals surface area contributed by atoms with Gasteiger partial charge in [-0.25, -0.2) is 0 Å². The van der Waals surface area contributed by atoms with E-state index in [-0.39, 0.29) is 30.1 Å². The lowest BCUT2D eigenvalue weighted by Gasteiger charge is -2.38. The molecule has 0 bridgehead atoms. The molecule has 1 N–H and O–H groups in total. The van der Waals surface area contributed by atoms with Gasteiger partial charge in [-0.2, -0.15) is 0 Å². The molecule has 1 atom stereocenters. The summed E-state index contributed by atoms with van der Waals surface area (Å²) < 4.78 is 0. The maximum absolute atomic E-state index is 12.9. The monoisotopic (exact) mass is 393 g/mol. The van der Waals surface area contributed by atoms with Crippen molar-refractivity contribution in [2.75, 3.05) is 39.8 Å². The van der Waals surface area contributed by atoms with Gasteiger partial charge in [0.25, 0.3) is 5.91 Å². The predicted octanol–water partition coefficient (Wildman–Crippen LogP) is 2.73. The Kier molecular flexibility index (Phi) is 8.11. The van der Waals surface area contributed by atoms with Crippen LogP contribution < -0.4 is 5.32 Å². The first-order valence-electron chi connectivity index (χ1n) is 9.88. The van der Waals surface area contributed by atoms with Crippen LogP contribution in [0.5, 0.6) is 0 Å². The number of nitrogens with zero attached hydrogens (tertiary/aromatic N) is 2. The maximum Gasteiger partial charge on any atom is 0.253 e. The lowest BCUT2D eigenvalue weighted by molar-refractivity contribution is -0.138. The largest absolute Gasteiger partial charge is 0.342 e. The zero-order valence-electron chi connectivity index (χ0n) is 16.4. The molecular weight excluding hydrogens is 362 g/mol. The van der Waals surface area contributed by atoms with Gasteiger partial charge in [-0.1, -0.05) is 17.7 Å². The molecule has 2 aliphatic heterocycles. The molecule has 2 fully saturated rings. The number of likely N-dealkylation sites (tertiary alicyclic amines) is 2. The van der Waals surface area contributed by atoms with Crippen molar-refractivity contribution in [3.8, 4) is 0 Å². The second kappa shape index (κ2) is 10.1. The fourth-order valence-electron chi connectivity index (χ4n) is 4.15. The van der Waals surface area contributed by atoms with Crippen LogP contribution in [0.2, 0.25) is 0 Å². The Morgan fingerprint density at radius 3 is 2.33 bits per heavy atom. The van der Waals surface area contributed by atoms with Crippen LogP contribution in [-0.2, 0) is 4.79 Å². The molecule has 5 nitrogen and oxygen atoms in total. The fourth-order valence-corrected chi connectivity index (χ4v) is 4.15. The number of benzene rings is 1. The van der Waals surface area contributed by atoms with Crippen molar-refractivity contribution >= 4 is 24.2 Å². The summed E-state index contributed by atoms with van der Waals surface area (Å²) in [4.78, 5) is 29.6. The highest BCUT2D eigenvalue weighted by Crippen LogP contribution is 2.24. The average molecular weight is 394 g/mol. The number of hydrogen-bond acceptors (Lipinski definition) is 3. The summed E-state index contributed by atoms with van der Waals surface area (Å²) in [5.74, 6) is 0.929. The normalized spacial score (nSPS) is 20.9. The SMILES string of the molecule is CNCC1CCN(C(=O)C2CCCN(C(=O)c3ccc(C)cc3)C2)CC1.Cl. The van der Waals surface area contributed by atoms with E-state index in [2.05, 4.69) is 5.32 Å². The van der Waals surface area contributed by atoms with Gasteiger partial charge in [0.1, 0.15) is 0 Å². The summed E-state index contributed by atoms with van der Waals surface area (Å²) in [6.07, 6.45) is 3.95. The van der Waals surface area contributed by atoms with E-state index in [0.717, 1.165) is 63.0 Å². The van der Waals surface area contributed by atoms with Crippen LogP contribution in [0, 0.1) is 18.8 Å². The molecule has 3 rings (SSSR count). The molecule has 0 aliphatic carbocycles. The number of amides is 2. The Hall–Kier alpha value is -1.59. The highest BCUT2D eigenvalue weighted by atomic mass is 35.5. The number of aryl methyl sites for hydroxylation is 1. The van der Waals surface area contributed by atoms with Crippen molar-refractivity contribution < 1.29 is 9.59 Å². The minimum absolute atomic E-state index is 0. The lowest BCUT2D eigenvalue weighted by Crippen LogP contribution is -2.49. The minimum Gasteiger partial charge on any atom is -0.342 e. The van der Waals surface area contributed by atoms with Crippen molar-refractivity contribution in [3.63, 3.8) is 0 Å². The number of nitrogens with one attached hydrogen (secondary N) is 1. The average Bonchev–Trinajstić information content (AvgIpc) is 2.68. The Labute approximate surface area is 168 Å². The van der Waals surface area contributed by atoms with E-state index < -0.39 is 0 Å². The van der Waals surface area contributed by atoms with Gasteiger partial charge in [0.2, 0.25) is 5.91 Å². The molecule has 0 saturated carbocycles. The molecule has 2 amide bonds. The van der Waals surface area contributed by atoms with Crippen molar-refractivity contribution in [3.05, 3.63) is 35.4 Å². The highest BCUT2D eigenvalue weighted by molar-refractivity contribution is 5.94. The van der Waals surface area contributed by atoms with Crippen LogP contribution in [-0.4, -0.2) is 61.4 Å². The summed E-state index contributed by atoms with van der Waals surface area (Å²) in [7, 11) is 1.99. The van der Waals surface area contributed by atoms with Crippen LogP contribution in [0.1, 0.15) is 41.6 Å². The number of carbonyl (C=O) groups is 2. The number of halogens is 1. The van der Waals surface area contributed by atoms with Gasteiger partial charge in [-0.15, -0.1) is 12.4 Å². The third kappa shape index (κ3) is 5.45. The van der Waals surface area contributed by atoms with Crippen LogP contribution in [0.4, 0.5) is 0 Å². The van der Waals surface area contributed by atoms with Gasteiger partial charge in [-0.05, 0) is 64.3 Å². The Morgan fingerprint density at radius 1 is 1.04 bits per heavy atom. The van der Waals surface area contributed by atoms with E-state index in [1.165, 1.54) is 0 Å². The maximum atomic E-state index is 12.9. The molecule has 1 aromatic rings.